The predicted octanol–water partition coefficient (Wildman–Crippen LogP) is 3.61. The van der Waals surface area contributed by atoms with Crippen molar-refractivity contribution < 1.29 is 22.4 Å². The molecule has 7 nitrogen and oxygen atoms in total. The molecule has 2 heterocycles. The van der Waals surface area contributed by atoms with Crippen molar-refractivity contribution in [3.8, 4) is 0 Å². The third-order valence-electron chi connectivity index (χ3n) is 5.99. The van der Waals surface area contributed by atoms with E-state index in [0.29, 0.717) is 29.4 Å². The molecule has 1 aromatic heterocycles. The van der Waals surface area contributed by atoms with Gasteiger partial charge in [-0.25, -0.2) is 13.2 Å². The van der Waals surface area contributed by atoms with Crippen molar-refractivity contribution in [3.05, 3.63) is 75.1 Å². The maximum Gasteiger partial charge on any atom is 0.336 e. The monoisotopic (exact) mass is 455 g/mol. The van der Waals surface area contributed by atoms with Crippen LogP contribution in [0.4, 0.5) is 0 Å². The van der Waals surface area contributed by atoms with Crippen LogP contribution >= 0.6 is 0 Å². The first kappa shape index (κ1) is 22.2. The van der Waals surface area contributed by atoms with Gasteiger partial charge in [-0.1, -0.05) is 29.8 Å². The maximum atomic E-state index is 13.1. The van der Waals surface area contributed by atoms with Crippen LogP contribution in [0.25, 0.3) is 11.0 Å². The summed E-state index contributed by atoms with van der Waals surface area (Å²) in [6, 6.07) is 10.7. The summed E-state index contributed by atoms with van der Waals surface area (Å²) >= 11 is 0. The second kappa shape index (κ2) is 8.52. The molecular weight excluding hydrogens is 430 g/mol. The van der Waals surface area contributed by atoms with Gasteiger partial charge in [0.05, 0.1) is 4.90 Å². The number of benzene rings is 2. The first-order chi connectivity index (χ1) is 15.2. The van der Waals surface area contributed by atoms with Crippen LogP contribution in [0.15, 0.2) is 56.6 Å². The van der Waals surface area contributed by atoms with E-state index in [1.807, 2.05) is 32.9 Å². The summed E-state index contributed by atoms with van der Waals surface area (Å²) < 4.78 is 38.2. The molecule has 1 aliphatic rings. The molecule has 0 amide bonds. The highest BCUT2D eigenvalue weighted by Crippen LogP contribution is 2.28. The van der Waals surface area contributed by atoms with E-state index in [-0.39, 0.29) is 18.0 Å². The summed E-state index contributed by atoms with van der Waals surface area (Å²) in [6.45, 7) is 5.78. The predicted molar refractivity (Wildman–Crippen MR) is 120 cm³/mol. The van der Waals surface area contributed by atoms with E-state index < -0.39 is 27.7 Å². The Hall–Kier alpha value is -2.97. The average molecular weight is 456 g/mol. The zero-order valence-corrected chi connectivity index (χ0v) is 19.1. The fraction of sp³-hybridized carbons (Fsp3) is 0.333. The highest BCUT2D eigenvalue weighted by atomic mass is 32.2. The van der Waals surface area contributed by atoms with Crippen molar-refractivity contribution >= 4 is 27.0 Å². The van der Waals surface area contributed by atoms with E-state index in [1.54, 1.807) is 24.3 Å². The van der Waals surface area contributed by atoms with E-state index >= 15 is 0 Å². The second-order valence-corrected chi connectivity index (χ2v) is 10.1. The lowest BCUT2D eigenvalue weighted by molar-refractivity contribution is -0.148. The number of ether oxygens (including phenoxy) is 1. The normalized spacial score (nSPS) is 17.0. The van der Waals surface area contributed by atoms with Gasteiger partial charge in [-0.15, -0.1) is 0 Å². The summed E-state index contributed by atoms with van der Waals surface area (Å²) in [5, 5.41) is 0.691. The van der Waals surface area contributed by atoms with Crippen LogP contribution in [-0.4, -0.2) is 31.3 Å². The Bertz CT molecular complexity index is 1340. The minimum absolute atomic E-state index is 0.141. The molecular formula is C24H25NO6S. The molecule has 0 saturated carbocycles. The largest absolute Gasteiger partial charge is 0.460 e. The second-order valence-electron chi connectivity index (χ2n) is 8.17. The molecule has 1 fully saturated rings. The lowest BCUT2D eigenvalue weighted by atomic mass is 10.0. The van der Waals surface area contributed by atoms with Gasteiger partial charge in [0.2, 0.25) is 10.0 Å². The molecule has 32 heavy (non-hydrogen) atoms. The summed E-state index contributed by atoms with van der Waals surface area (Å²) in [6.07, 6.45) is 0.959. The standard InChI is InChI=1S/C24H25NO6S/c1-15-6-9-19(10-7-15)32(28,29)25-12-4-5-21(25)24(27)30-14-18-13-22(26)31-23-17(3)16(2)8-11-20(18)23/h6-11,13,21H,4-5,12,14H2,1-3H3/t21-/m0/s1. The van der Waals surface area contributed by atoms with Gasteiger partial charge in [-0.05, 0) is 56.9 Å². The SMILES string of the molecule is Cc1ccc(S(=O)(=O)N2CCC[C@H]2C(=O)OCc2cc(=O)oc3c(C)c(C)ccc23)cc1. The number of aryl methyl sites for hydroxylation is 3. The fourth-order valence-electron chi connectivity index (χ4n) is 4.00. The lowest BCUT2D eigenvalue weighted by Crippen LogP contribution is -2.41. The van der Waals surface area contributed by atoms with Crippen LogP contribution in [0.1, 0.15) is 35.1 Å². The van der Waals surface area contributed by atoms with Gasteiger partial charge in [-0.3, -0.25) is 4.79 Å². The van der Waals surface area contributed by atoms with Crippen LogP contribution in [0, 0.1) is 20.8 Å². The van der Waals surface area contributed by atoms with Crippen LogP contribution in [0.2, 0.25) is 0 Å². The van der Waals surface area contributed by atoms with Gasteiger partial charge in [-0.2, -0.15) is 4.31 Å². The molecule has 168 valence electrons. The number of carbonyl (C=O) groups excluding carboxylic acids is 1. The molecule has 1 saturated heterocycles. The molecule has 0 aliphatic carbocycles. The van der Waals surface area contributed by atoms with Crippen LogP contribution in [0.5, 0.6) is 0 Å². The first-order valence-electron chi connectivity index (χ1n) is 10.5. The number of rotatable bonds is 5. The molecule has 8 heteroatoms. The Morgan fingerprint density at radius 3 is 2.56 bits per heavy atom. The summed E-state index contributed by atoms with van der Waals surface area (Å²) in [5.41, 5.74) is 3.25. The Balaban J connectivity index is 1.56. The van der Waals surface area contributed by atoms with Gasteiger partial charge in [0.25, 0.3) is 0 Å². The number of esters is 1. The fourth-order valence-corrected chi connectivity index (χ4v) is 5.64. The van der Waals surface area contributed by atoms with E-state index in [2.05, 4.69) is 0 Å². The number of sulfonamides is 1. The minimum atomic E-state index is -3.82. The Kier molecular flexibility index (Phi) is 5.92. The van der Waals surface area contributed by atoms with E-state index in [1.165, 1.54) is 10.4 Å². The van der Waals surface area contributed by atoms with Crippen molar-refractivity contribution in [2.24, 2.45) is 0 Å². The molecule has 0 radical (unpaired) electrons. The smallest absolute Gasteiger partial charge is 0.336 e. The van der Waals surface area contributed by atoms with Gasteiger partial charge >= 0.3 is 11.6 Å². The van der Waals surface area contributed by atoms with Gasteiger partial charge < -0.3 is 9.15 Å². The van der Waals surface area contributed by atoms with E-state index in [9.17, 15) is 18.0 Å². The van der Waals surface area contributed by atoms with Crippen molar-refractivity contribution in [1.29, 1.82) is 0 Å². The lowest BCUT2D eigenvalue weighted by Gasteiger charge is -2.23. The highest BCUT2D eigenvalue weighted by molar-refractivity contribution is 7.89. The minimum Gasteiger partial charge on any atom is -0.460 e. The van der Waals surface area contributed by atoms with Crippen molar-refractivity contribution in [1.82, 2.24) is 4.31 Å². The number of hydrogen-bond donors (Lipinski definition) is 0. The number of carbonyl (C=O) groups is 1. The molecule has 4 rings (SSSR count). The number of nitrogens with zero attached hydrogens (tertiary/aromatic N) is 1. The molecule has 1 atom stereocenters. The molecule has 1 aliphatic heterocycles. The molecule has 0 bridgehead atoms. The van der Waals surface area contributed by atoms with Gasteiger partial charge in [0.15, 0.2) is 0 Å². The summed E-state index contributed by atoms with van der Waals surface area (Å²) in [7, 11) is -3.82. The Morgan fingerprint density at radius 1 is 1.12 bits per heavy atom. The van der Waals surface area contributed by atoms with Crippen LogP contribution in [0.3, 0.4) is 0 Å². The van der Waals surface area contributed by atoms with Crippen molar-refractivity contribution in [2.75, 3.05) is 6.54 Å². The Morgan fingerprint density at radius 2 is 1.84 bits per heavy atom. The third kappa shape index (κ3) is 4.08. The highest BCUT2D eigenvalue weighted by Gasteiger charge is 2.40. The van der Waals surface area contributed by atoms with E-state index in [4.69, 9.17) is 9.15 Å². The zero-order valence-electron chi connectivity index (χ0n) is 18.3. The maximum absolute atomic E-state index is 13.1. The average Bonchev–Trinajstić information content (AvgIpc) is 3.26. The summed E-state index contributed by atoms with van der Waals surface area (Å²) in [5.74, 6) is -0.622. The zero-order chi connectivity index (χ0) is 23.0. The molecule has 0 N–H and O–H groups in total. The molecule has 0 spiro atoms. The molecule has 2 aromatic carbocycles. The first-order valence-corrected chi connectivity index (χ1v) is 11.9. The van der Waals surface area contributed by atoms with Gasteiger partial charge in [0.1, 0.15) is 18.2 Å². The van der Waals surface area contributed by atoms with Crippen molar-refractivity contribution in [3.63, 3.8) is 0 Å². The van der Waals surface area contributed by atoms with Crippen molar-refractivity contribution in [2.45, 2.75) is 51.2 Å². The third-order valence-corrected chi connectivity index (χ3v) is 7.91. The molecule has 0 unspecified atom stereocenters. The van der Waals surface area contributed by atoms with E-state index in [0.717, 1.165) is 16.7 Å². The van der Waals surface area contributed by atoms with Gasteiger partial charge in [0, 0.05) is 23.6 Å². The molecule has 3 aromatic rings. The summed E-state index contributed by atoms with van der Waals surface area (Å²) in [4.78, 5) is 25.1. The van der Waals surface area contributed by atoms with Crippen LogP contribution < -0.4 is 5.63 Å². The number of fused-ring (bicyclic) bond motifs is 1. The van der Waals surface area contributed by atoms with Crippen LogP contribution in [-0.2, 0) is 26.2 Å². The topological polar surface area (TPSA) is 93.9 Å². The quantitative estimate of drug-likeness (QED) is 0.431. The number of hydrogen-bond acceptors (Lipinski definition) is 6. The Labute approximate surface area is 186 Å².